The number of anilines is 2. The molecule has 22 heavy (non-hydrogen) atoms. The minimum absolute atomic E-state index is 0.0666. The molecule has 0 aromatic heterocycles. The summed E-state index contributed by atoms with van der Waals surface area (Å²) in [5.74, 6) is -0.0666. The number of morpholine rings is 1. The van der Waals surface area contributed by atoms with Crippen molar-refractivity contribution < 1.29 is 24.2 Å². The topological polar surface area (TPSA) is 79.3 Å². The van der Waals surface area contributed by atoms with E-state index in [4.69, 9.17) is 14.6 Å². The fourth-order valence-corrected chi connectivity index (χ4v) is 2.71. The minimum atomic E-state index is -0.492. The van der Waals surface area contributed by atoms with Crippen molar-refractivity contribution in [2.24, 2.45) is 0 Å². The van der Waals surface area contributed by atoms with E-state index in [-0.39, 0.29) is 19.1 Å². The lowest BCUT2D eigenvalue weighted by molar-refractivity contribution is -0.125. The number of nitrogens with zero attached hydrogens (tertiary/aromatic N) is 2. The van der Waals surface area contributed by atoms with Crippen LogP contribution >= 0.6 is 0 Å². The summed E-state index contributed by atoms with van der Waals surface area (Å²) in [5, 5.41) is 9.09. The van der Waals surface area contributed by atoms with Crippen LogP contribution in [-0.2, 0) is 14.3 Å². The van der Waals surface area contributed by atoms with Crippen molar-refractivity contribution in [3.8, 4) is 0 Å². The highest BCUT2D eigenvalue weighted by Crippen LogP contribution is 2.29. The highest BCUT2D eigenvalue weighted by atomic mass is 16.6. The van der Waals surface area contributed by atoms with E-state index in [1.165, 1.54) is 4.90 Å². The number of cyclic esters (lactones) is 1. The SMILES string of the molecule is Cc1cc(N2CC(CO)OC2=O)ccc1N1CCOCC1=O. The number of aliphatic hydroxyl groups excluding tert-OH is 1. The molecule has 2 fully saturated rings. The fourth-order valence-electron chi connectivity index (χ4n) is 2.71. The van der Waals surface area contributed by atoms with Gasteiger partial charge in [-0.2, -0.15) is 0 Å². The quantitative estimate of drug-likeness (QED) is 0.888. The van der Waals surface area contributed by atoms with Gasteiger partial charge in [0.25, 0.3) is 5.91 Å². The number of ether oxygens (including phenoxy) is 2. The summed E-state index contributed by atoms with van der Waals surface area (Å²) >= 11 is 0. The first-order valence-corrected chi connectivity index (χ1v) is 7.18. The summed E-state index contributed by atoms with van der Waals surface area (Å²) in [6, 6.07) is 5.46. The number of rotatable bonds is 3. The normalized spacial score (nSPS) is 22.2. The number of carbonyl (C=O) groups excluding carboxylic acids is 2. The first-order chi connectivity index (χ1) is 10.6. The lowest BCUT2D eigenvalue weighted by Crippen LogP contribution is -2.42. The lowest BCUT2D eigenvalue weighted by atomic mass is 10.1. The molecule has 3 rings (SSSR count). The van der Waals surface area contributed by atoms with Gasteiger partial charge in [0.1, 0.15) is 12.7 Å². The number of aryl methyl sites for hydroxylation is 1. The Morgan fingerprint density at radius 2 is 2.14 bits per heavy atom. The number of carbonyl (C=O) groups is 2. The first kappa shape index (κ1) is 14.8. The van der Waals surface area contributed by atoms with Crippen LogP contribution in [0.15, 0.2) is 18.2 Å². The summed E-state index contributed by atoms with van der Waals surface area (Å²) in [4.78, 5) is 26.9. The maximum absolute atomic E-state index is 11.9. The molecule has 118 valence electrons. The second kappa shape index (κ2) is 5.94. The van der Waals surface area contributed by atoms with Gasteiger partial charge in [-0.15, -0.1) is 0 Å². The molecular weight excluding hydrogens is 288 g/mol. The average molecular weight is 306 g/mol. The van der Waals surface area contributed by atoms with E-state index < -0.39 is 12.2 Å². The van der Waals surface area contributed by atoms with E-state index >= 15 is 0 Å². The van der Waals surface area contributed by atoms with Crippen LogP contribution < -0.4 is 9.80 Å². The molecule has 0 bridgehead atoms. The third-order valence-electron chi connectivity index (χ3n) is 3.85. The summed E-state index contributed by atoms with van der Waals surface area (Å²) in [6.45, 7) is 3.16. The van der Waals surface area contributed by atoms with Crippen molar-refractivity contribution in [1.29, 1.82) is 0 Å². The van der Waals surface area contributed by atoms with E-state index in [9.17, 15) is 9.59 Å². The molecule has 7 nitrogen and oxygen atoms in total. The Kier molecular flexibility index (Phi) is 4.00. The van der Waals surface area contributed by atoms with Gasteiger partial charge in [0, 0.05) is 17.9 Å². The molecule has 1 aromatic carbocycles. The third-order valence-corrected chi connectivity index (χ3v) is 3.85. The Labute approximate surface area is 128 Å². The molecule has 0 saturated carbocycles. The molecule has 1 unspecified atom stereocenters. The number of benzene rings is 1. The molecule has 7 heteroatoms. The number of hydrogen-bond donors (Lipinski definition) is 1. The number of hydrogen-bond acceptors (Lipinski definition) is 5. The molecule has 0 spiro atoms. The molecule has 1 N–H and O–H groups in total. The third kappa shape index (κ3) is 2.65. The van der Waals surface area contributed by atoms with E-state index in [1.54, 1.807) is 11.0 Å². The molecule has 0 aliphatic carbocycles. The van der Waals surface area contributed by atoms with Crippen molar-refractivity contribution >= 4 is 23.4 Å². The fraction of sp³-hybridized carbons (Fsp3) is 0.467. The zero-order chi connectivity index (χ0) is 15.7. The van der Waals surface area contributed by atoms with Gasteiger partial charge in [0.15, 0.2) is 0 Å². The van der Waals surface area contributed by atoms with Crippen molar-refractivity contribution in [1.82, 2.24) is 0 Å². The van der Waals surface area contributed by atoms with Crippen molar-refractivity contribution in [3.05, 3.63) is 23.8 Å². The zero-order valence-electron chi connectivity index (χ0n) is 12.3. The van der Waals surface area contributed by atoms with Crippen molar-refractivity contribution in [2.75, 3.05) is 42.7 Å². The Balaban J connectivity index is 1.83. The summed E-state index contributed by atoms with van der Waals surface area (Å²) in [5.41, 5.74) is 2.42. The van der Waals surface area contributed by atoms with Gasteiger partial charge in [-0.05, 0) is 30.7 Å². The van der Waals surface area contributed by atoms with E-state index in [1.807, 2.05) is 19.1 Å². The number of amides is 2. The van der Waals surface area contributed by atoms with Crippen LogP contribution in [0.4, 0.5) is 16.2 Å². The van der Waals surface area contributed by atoms with E-state index in [0.29, 0.717) is 25.4 Å². The van der Waals surface area contributed by atoms with E-state index in [0.717, 1.165) is 11.3 Å². The van der Waals surface area contributed by atoms with Crippen molar-refractivity contribution in [3.63, 3.8) is 0 Å². The van der Waals surface area contributed by atoms with Gasteiger partial charge in [0.2, 0.25) is 0 Å². The van der Waals surface area contributed by atoms with E-state index in [2.05, 4.69) is 0 Å². The molecule has 2 amide bonds. The maximum Gasteiger partial charge on any atom is 0.414 e. The smallest absolute Gasteiger partial charge is 0.414 e. The van der Waals surface area contributed by atoms with Crippen LogP contribution in [0.2, 0.25) is 0 Å². The average Bonchev–Trinajstić information content (AvgIpc) is 2.89. The van der Waals surface area contributed by atoms with Crippen molar-refractivity contribution in [2.45, 2.75) is 13.0 Å². The van der Waals surface area contributed by atoms with Crippen LogP contribution in [0, 0.1) is 6.92 Å². The van der Waals surface area contributed by atoms with Gasteiger partial charge in [-0.1, -0.05) is 0 Å². The molecule has 2 heterocycles. The largest absolute Gasteiger partial charge is 0.441 e. The second-order valence-electron chi connectivity index (χ2n) is 5.37. The monoisotopic (exact) mass is 306 g/mol. The highest BCUT2D eigenvalue weighted by molar-refractivity contribution is 5.96. The summed E-state index contributed by atoms with van der Waals surface area (Å²) in [7, 11) is 0. The Bertz CT molecular complexity index is 604. The standard InChI is InChI=1S/C15H18N2O5/c1-10-6-11(17-7-12(8-18)22-15(17)20)2-3-13(10)16-4-5-21-9-14(16)19/h2-3,6,12,18H,4-5,7-9H2,1H3. The molecule has 2 saturated heterocycles. The van der Waals surface area contributed by atoms with Gasteiger partial charge in [0.05, 0.1) is 19.8 Å². The van der Waals surface area contributed by atoms with Crippen LogP contribution in [0.5, 0.6) is 0 Å². The highest BCUT2D eigenvalue weighted by Gasteiger charge is 2.32. The molecule has 2 aliphatic rings. The van der Waals surface area contributed by atoms with Crippen LogP contribution in [0.1, 0.15) is 5.56 Å². The lowest BCUT2D eigenvalue weighted by Gasteiger charge is -2.28. The van der Waals surface area contributed by atoms with Crippen LogP contribution in [-0.4, -0.2) is 56.1 Å². The molecule has 0 radical (unpaired) electrons. The Morgan fingerprint density at radius 3 is 2.77 bits per heavy atom. The molecular formula is C15H18N2O5. The number of aliphatic hydroxyl groups is 1. The predicted molar refractivity (Wildman–Crippen MR) is 79.1 cm³/mol. The van der Waals surface area contributed by atoms with Gasteiger partial charge in [-0.25, -0.2) is 4.79 Å². The molecule has 1 aromatic rings. The van der Waals surface area contributed by atoms with Crippen LogP contribution in [0.3, 0.4) is 0 Å². The summed E-state index contributed by atoms with van der Waals surface area (Å²) in [6.07, 6.45) is -0.957. The maximum atomic E-state index is 11.9. The van der Waals surface area contributed by atoms with Gasteiger partial charge < -0.3 is 19.5 Å². The summed E-state index contributed by atoms with van der Waals surface area (Å²) < 4.78 is 10.2. The van der Waals surface area contributed by atoms with Gasteiger partial charge in [-0.3, -0.25) is 9.69 Å². The molecule has 1 atom stereocenters. The predicted octanol–water partition coefficient (Wildman–Crippen LogP) is 0.676. The second-order valence-corrected chi connectivity index (χ2v) is 5.37. The minimum Gasteiger partial charge on any atom is -0.441 e. The Hall–Kier alpha value is -2.12. The first-order valence-electron chi connectivity index (χ1n) is 7.18. The zero-order valence-corrected chi connectivity index (χ0v) is 12.3. The van der Waals surface area contributed by atoms with Crippen LogP contribution in [0.25, 0.3) is 0 Å². The van der Waals surface area contributed by atoms with Gasteiger partial charge >= 0.3 is 6.09 Å². The Morgan fingerprint density at radius 1 is 1.32 bits per heavy atom. The molecule has 2 aliphatic heterocycles.